The van der Waals surface area contributed by atoms with Gasteiger partial charge in [-0.3, -0.25) is 13.9 Å². The molecule has 4 aromatic rings. The van der Waals surface area contributed by atoms with Crippen molar-refractivity contribution in [2.75, 3.05) is 25.9 Å². The fourth-order valence-electron chi connectivity index (χ4n) is 4.67. The van der Waals surface area contributed by atoms with Crippen LogP contribution in [0.1, 0.15) is 24.9 Å². The van der Waals surface area contributed by atoms with E-state index in [-0.39, 0.29) is 23.5 Å². The van der Waals surface area contributed by atoms with E-state index in [0.717, 1.165) is 11.3 Å². The van der Waals surface area contributed by atoms with Crippen LogP contribution < -0.4 is 20.9 Å². The highest BCUT2D eigenvalue weighted by Gasteiger charge is 2.31. The summed E-state index contributed by atoms with van der Waals surface area (Å²) in [6.07, 6.45) is 1.94. The highest BCUT2D eigenvalue weighted by Crippen LogP contribution is 2.30. The Morgan fingerprint density at radius 2 is 1.89 bits per heavy atom. The number of hydrogen-bond donors (Lipinski definition) is 1. The van der Waals surface area contributed by atoms with Crippen LogP contribution in [0.4, 0.5) is 5.82 Å². The first-order chi connectivity index (χ1) is 17.9. The van der Waals surface area contributed by atoms with Gasteiger partial charge in [0.1, 0.15) is 29.1 Å². The quantitative estimate of drug-likeness (QED) is 0.420. The van der Waals surface area contributed by atoms with E-state index in [1.165, 1.54) is 10.9 Å². The molecule has 0 radical (unpaired) electrons. The van der Waals surface area contributed by atoms with Crippen molar-refractivity contribution in [2.24, 2.45) is 0 Å². The SMILES string of the molecule is CC#CC(=O)N1CCC(n2c(=O)n(-c3ccc(Oc4ccc(OC)c(C)c4)cc3)c3c(N)ncnc32)C1. The Balaban J connectivity index is 1.50. The predicted molar refractivity (Wildman–Crippen MR) is 139 cm³/mol. The fraction of sp³-hybridized carbons (Fsp3) is 0.259. The van der Waals surface area contributed by atoms with Crippen LogP contribution in [0.5, 0.6) is 17.2 Å². The van der Waals surface area contributed by atoms with Crippen molar-refractivity contribution in [3.05, 3.63) is 64.8 Å². The standard InChI is InChI=1S/C27H26N6O4/c1-4-5-23(34)31-13-12-19(15-31)33-26-24(25(28)29-16-30-26)32(27(33)35)18-6-8-20(9-7-18)37-21-10-11-22(36-3)17(2)14-21/h6-11,14,16,19H,12-13,15H2,1-3H3,(H2,28,29,30). The third kappa shape index (κ3) is 4.36. The summed E-state index contributed by atoms with van der Waals surface area (Å²) in [4.78, 5) is 36.1. The largest absolute Gasteiger partial charge is 0.496 e. The zero-order valence-electron chi connectivity index (χ0n) is 20.8. The maximum atomic E-state index is 13.7. The van der Waals surface area contributed by atoms with Crippen molar-refractivity contribution in [3.63, 3.8) is 0 Å². The first-order valence-electron chi connectivity index (χ1n) is 11.8. The summed E-state index contributed by atoms with van der Waals surface area (Å²) in [6.45, 7) is 4.44. The van der Waals surface area contributed by atoms with E-state index < -0.39 is 0 Å². The van der Waals surface area contributed by atoms with Crippen molar-refractivity contribution < 1.29 is 14.3 Å². The second-order valence-corrected chi connectivity index (χ2v) is 8.72. The van der Waals surface area contributed by atoms with Gasteiger partial charge in [0.25, 0.3) is 5.91 Å². The number of benzene rings is 2. The Morgan fingerprint density at radius 1 is 1.14 bits per heavy atom. The number of anilines is 1. The fourth-order valence-corrected chi connectivity index (χ4v) is 4.67. The molecule has 37 heavy (non-hydrogen) atoms. The van der Waals surface area contributed by atoms with Crippen LogP contribution in [0.3, 0.4) is 0 Å². The van der Waals surface area contributed by atoms with Gasteiger partial charge in [0.05, 0.1) is 18.8 Å². The number of imidazole rings is 1. The number of ether oxygens (including phenoxy) is 2. The molecular weight excluding hydrogens is 472 g/mol. The number of likely N-dealkylation sites (tertiary alicyclic amines) is 1. The molecule has 10 heteroatoms. The Kier molecular flexibility index (Phi) is 6.27. The summed E-state index contributed by atoms with van der Waals surface area (Å²) in [6, 6.07) is 12.4. The van der Waals surface area contributed by atoms with E-state index in [2.05, 4.69) is 21.8 Å². The third-order valence-corrected chi connectivity index (χ3v) is 6.43. The number of nitrogen functional groups attached to an aromatic ring is 1. The number of nitrogens with two attached hydrogens (primary N) is 1. The summed E-state index contributed by atoms with van der Waals surface area (Å²) in [5.74, 6) is 7.20. The predicted octanol–water partition coefficient (Wildman–Crippen LogP) is 3.07. The number of aryl methyl sites for hydroxylation is 1. The maximum Gasteiger partial charge on any atom is 0.335 e. The second kappa shape index (κ2) is 9.70. The first kappa shape index (κ1) is 23.9. The van der Waals surface area contributed by atoms with E-state index in [9.17, 15) is 9.59 Å². The van der Waals surface area contributed by atoms with Crippen LogP contribution in [0.25, 0.3) is 16.9 Å². The maximum absolute atomic E-state index is 13.7. The van der Waals surface area contributed by atoms with Crippen molar-refractivity contribution >= 4 is 22.9 Å². The van der Waals surface area contributed by atoms with Crippen LogP contribution in [-0.2, 0) is 4.79 Å². The molecule has 1 fully saturated rings. The zero-order valence-corrected chi connectivity index (χ0v) is 20.8. The summed E-state index contributed by atoms with van der Waals surface area (Å²) in [5, 5.41) is 0. The molecule has 1 saturated heterocycles. The van der Waals surface area contributed by atoms with Crippen molar-refractivity contribution in [2.45, 2.75) is 26.3 Å². The van der Waals surface area contributed by atoms with Gasteiger partial charge in [0, 0.05) is 13.1 Å². The summed E-state index contributed by atoms with van der Waals surface area (Å²) in [5.41, 5.74) is 8.31. The Hall–Kier alpha value is -4.78. The van der Waals surface area contributed by atoms with Crippen LogP contribution >= 0.6 is 0 Å². The van der Waals surface area contributed by atoms with E-state index in [4.69, 9.17) is 15.2 Å². The van der Waals surface area contributed by atoms with Gasteiger partial charge in [0.15, 0.2) is 11.5 Å². The summed E-state index contributed by atoms with van der Waals surface area (Å²) < 4.78 is 14.4. The molecule has 0 saturated carbocycles. The molecule has 1 aliphatic heterocycles. The van der Waals surface area contributed by atoms with Gasteiger partial charge in [-0.05, 0) is 74.2 Å². The second-order valence-electron chi connectivity index (χ2n) is 8.72. The Bertz CT molecular complexity index is 1610. The number of carbonyl (C=O) groups is 1. The minimum absolute atomic E-state index is 0.192. The lowest BCUT2D eigenvalue weighted by Gasteiger charge is -2.14. The van der Waals surface area contributed by atoms with Crippen molar-refractivity contribution in [1.29, 1.82) is 0 Å². The van der Waals surface area contributed by atoms with E-state index in [0.29, 0.717) is 47.9 Å². The van der Waals surface area contributed by atoms with E-state index in [1.807, 2.05) is 25.1 Å². The van der Waals surface area contributed by atoms with E-state index in [1.54, 1.807) is 47.8 Å². The zero-order chi connectivity index (χ0) is 26.1. The number of rotatable bonds is 5. The molecule has 2 aromatic carbocycles. The van der Waals surface area contributed by atoms with Crippen molar-refractivity contribution in [1.82, 2.24) is 24.0 Å². The molecule has 3 heterocycles. The molecular formula is C27H26N6O4. The molecule has 1 unspecified atom stereocenters. The van der Waals surface area contributed by atoms with Gasteiger partial charge >= 0.3 is 5.69 Å². The van der Waals surface area contributed by atoms with Gasteiger partial charge < -0.3 is 20.1 Å². The number of hydrogen-bond acceptors (Lipinski definition) is 7. The van der Waals surface area contributed by atoms with Crippen molar-refractivity contribution in [3.8, 4) is 34.8 Å². The van der Waals surface area contributed by atoms with Crippen LogP contribution in [0, 0.1) is 18.8 Å². The minimum Gasteiger partial charge on any atom is -0.496 e. The highest BCUT2D eigenvalue weighted by molar-refractivity contribution is 5.93. The molecule has 1 atom stereocenters. The summed E-state index contributed by atoms with van der Waals surface area (Å²) in [7, 11) is 1.63. The van der Waals surface area contributed by atoms with Crippen LogP contribution in [0.2, 0.25) is 0 Å². The molecule has 2 aromatic heterocycles. The Labute approximate surface area is 213 Å². The smallest absolute Gasteiger partial charge is 0.335 e. The highest BCUT2D eigenvalue weighted by atomic mass is 16.5. The van der Waals surface area contributed by atoms with Gasteiger partial charge in [-0.15, -0.1) is 0 Å². The number of aromatic nitrogens is 4. The molecule has 0 spiro atoms. The molecule has 5 rings (SSSR count). The third-order valence-electron chi connectivity index (χ3n) is 6.43. The normalized spacial score (nSPS) is 14.9. The number of nitrogens with zero attached hydrogens (tertiary/aromatic N) is 5. The number of methoxy groups -OCH3 is 1. The van der Waals surface area contributed by atoms with Gasteiger partial charge in [-0.1, -0.05) is 5.92 Å². The van der Waals surface area contributed by atoms with E-state index >= 15 is 0 Å². The number of amides is 1. The lowest BCUT2D eigenvalue weighted by Crippen LogP contribution is -2.31. The molecule has 0 bridgehead atoms. The average Bonchev–Trinajstić information content (AvgIpc) is 3.48. The van der Waals surface area contributed by atoms with Crippen LogP contribution in [0.15, 0.2) is 53.6 Å². The molecule has 2 N–H and O–H groups in total. The van der Waals surface area contributed by atoms with Gasteiger partial charge in [0.2, 0.25) is 0 Å². The topological polar surface area (TPSA) is 118 Å². The number of carbonyl (C=O) groups excluding carboxylic acids is 1. The number of fused-ring (bicyclic) bond motifs is 1. The van der Waals surface area contributed by atoms with Gasteiger partial charge in [-0.2, -0.15) is 0 Å². The van der Waals surface area contributed by atoms with Gasteiger partial charge in [-0.25, -0.2) is 14.8 Å². The first-order valence-corrected chi connectivity index (χ1v) is 11.8. The molecule has 188 valence electrons. The molecule has 1 amide bonds. The molecule has 0 aliphatic carbocycles. The lowest BCUT2D eigenvalue weighted by molar-refractivity contribution is -0.124. The summed E-state index contributed by atoms with van der Waals surface area (Å²) >= 11 is 0. The van der Waals surface area contributed by atoms with Crippen LogP contribution in [-0.4, -0.2) is 50.1 Å². The average molecular weight is 499 g/mol. The Morgan fingerprint density at radius 3 is 2.59 bits per heavy atom. The minimum atomic E-state index is -0.303. The lowest BCUT2D eigenvalue weighted by atomic mass is 10.2. The molecule has 10 nitrogen and oxygen atoms in total. The monoisotopic (exact) mass is 498 g/mol. The molecule has 1 aliphatic rings.